The Bertz CT molecular complexity index is 555. The summed E-state index contributed by atoms with van der Waals surface area (Å²) in [7, 11) is 0. The van der Waals surface area contributed by atoms with Crippen LogP contribution in [-0.2, 0) is 11.3 Å². The van der Waals surface area contributed by atoms with Gasteiger partial charge in [0, 0.05) is 18.5 Å². The number of hydrogen-bond acceptors (Lipinski definition) is 3. The van der Waals surface area contributed by atoms with Crippen molar-refractivity contribution in [3.05, 3.63) is 29.5 Å². The Morgan fingerprint density at radius 3 is 3.06 bits per heavy atom. The number of nitrogens with two attached hydrogens (primary N) is 1. The Kier molecular flexibility index (Phi) is 3.06. The molecule has 1 aliphatic rings. The Balaban J connectivity index is 2.10. The van der Waals surface area contributed by atoms with Crippen LogP contribution in [-0.4, -0.2) is 16.4 Å². The fraction of sp³-hybridized carbons (Fsp3) is 0.500. The maximum Gasteiger partial charge on any atom is 0.150 e. The predicted octanol–water partition coefficient (Wildman–Crippen LogP) is 2.50. The molecular formula is C14H19N3O. The highest BCUT2D eigenvalue weighted by molar-refractivity contribution is 5.83. The summed E-state index contributed by atoms with van der Waals surface area (Å²) in [5.41, 5.74) is 9.33. The van der Waals surface area contributed by atoms with Gasteiger partial charge in [0.05, 0.1) is 11.7 Å². The van der Waals surface area contributed by atoms with Gasteiger partial charge >= 0.3 is 0 Å². The lowest BCUT2D eigenvalue weighted by molar-refractivity contribution is -0.0366. The monoisotopic (exact) mass is 245 g/mol. The summed E-state index contributed by atoms with van der Waals surface area (Å²) in [6, 6.07) is 4.30. The second-order valence-electron chi connectivity index (χ2n) is 4.97. The van der Waals surface area contributed by atoms with E-state index >= 15 is 0 Å². The Morgan fingerprint density at radius 2 is 2.33 bits per heavy atom. The second-order valence-corrected chi connectivity index (χ2v) is 4.97. The van der Waals surface area contributed by atoms with E-state index in [0.717, 1.165) is 35.9 Å². The van der Waals surface area contributed by atoms with Crippen LogP contribution in [0.5, 0.6) is 0 Å². The molecule has 1 aliphatic heterocycles. The molecule has 3 rings (SSSR count). The van der Waals surface area contributed by atoms with Gasteiger partial charge in [-0.3, -0.25) is 0 Å². The van der Waals surface area contributed by atoms with Crippen molar-refractivity contribution in [3.63, 3.8) is 0 Å². The number of fused-ring (bicyclic) bond motifs is 1. The van der Waals surface area contributed by atoms with Gasteiger partial charge in [0.15, 0.2) is 6.23 Å². The van der Waals surface area contributed by atoms with Gasteiger partial charge in [-0.1, -0.05) is 6.07 Å². The summed E-state index contributed by atoms with van der Waals surface area (Å²) in [5, 5.41) is 5.66. The van der Waals surface area contributed by atoms with Gasteiger partial charge in [0.2, 0.25) is 0 Å². The molecule has 1 aromatic heterocycles. The first-order valence-electron chi connectivity index (χ1n) is 6.58. The summed E-state index contributed by atoms with van der Waals surface area (Å²) in [6.45, 7) is 3.48. The minimum Gasteiger partial charge on any atom is -0.356 e. The van der Waals surface area contributed by atoms with Crippen molar-refractivity contribution in [3.8, 4) is 0 Å². The minimum atomic E-state index is 0.0867. The van der Waals surface area contributed by atoms with Crippen molar-refractivity contribution in [2.24, 2.45) is 5.73 Å². The molecule has 96 valence electrons. The Hall–Kier alpha value is -1.39. The van der Waals surface area contributed by atoms with Crippen LogP contribution in [0.25, 0.3) is 10.9 Å². The zero-order valence-corrected chi connectivity index (χ0v) is 10.7. The quantitative estimate of drug-likeness (QED) is 0.884. The molecule has 0 aliphatic carbocycles. The van der Waals surface area contributed by atoms with E-state index in [1.807, 2.05) is 10.9 Å². The average molecular weight is 245 g/mol. The molecule has 1 fully saturated rings. The molecule has 2 N–H and O–H groups in total. The SMILES string of the molecule is Cc1cc(CN)c2cnn(C3CCCCO3)c2c1. The molecule has 0 radical (unpaired) electrons. The molecule has 0 amide bonds. The van der Waals surface area contributed by atoms with Crippen LogP contribution in [0.4, 0.5) is 0 Å². The van der Waals surface area contributed by atoms with Gasteiger partial charge < -0.3 is 10.5 Å². The lowest BCUT2D eigenvalue weighted by atomic mass is 10.1. The van der Waals surface area contributed by atoms with Gasteiger partial charge in [-0.05, 0) is 43.4 Å². The number of aryl methyl sites for hydroxylation is 1. The van der Waals surface area contributed by atoms with E-state index in [4.69, 9.17) is 10.5 Å². The highest BCUT2D eigenvalue weighted by Gasteiger charge is 2.19. The first-order chi connectivity index (χ1) is 8.79. The third kappa shape index (κ3) is 1.91. The zero-order chi connectivity index (χ0) is 12.5. The number of aromatic nitrogens is 2. The highest BCUT2D eigenvalue weighted by Crippen LogP contribution is 2.28. The molecule has 0 bridgehead atoms. The van der Waals surface area contributed by atoms with Gasteiger partial charge in [0.25, 0.3) is 0 Å². The van der Waals surface area contributed by atoms with Gasteiger partial charge in [0.1, 0.15) is 0 Å². The third-order valence-corrected chi connectivity index (χ3v) is 3.59. The number of ether oxygens (including phenoxy) is 1. The maximum atomic E-state index is 5.81. The van der Waals surface area contributed by atoms with E-state index in [0.29, 0.717) is 6.54 Å². The number of benzene rings is 1. The zero-order valence-electron chi connectivity index (χ0n) is 10.7. The molecule has 2 aromatic rings. The molecule has 1 atom stereocenters. The Labute approximate surface area is 107 Å². The van der Waals surface area contributed by atoms with Crippen molar-refractivity contribution >= 4 is 10.9 Å². The second kappa shape index (κ2) is 4.71. The van der Waals surface area contributed by atoms with Crippen molar-refractivity contribution in [1.82, 2.24) is 9.78 Å². The summed E-state index contributed by atoms with van der Waals surface area (Å²) < 4.78 is 7.83. The van der Waals surface area contributed by atoms with E-state index in [2.05, 4.69) is 24.2 Å². The molecule has 0 spiro atoms. The van der Waals surface area contributed by atoms with Crippen molar-refractivity contribution in [2.75, 3.05) is 6.61 Å². The lowest BCUT2D eigenvalue weighted by Crippen LogP contribution is -2.19. The van der Waals surface area contributed by atoms with Crippen LogP contribution in [0.3, 0.4) is 0 Å². The minimum absolute atomic E-state index is 0.0867. The fourth-order valence-electron chi connectivity index (χ4n) is 2.69. The summed E-state index contributed by atoms with van der Waals surface area (Å²) >= 11 is 0. The molecule has 1 saturated heterocycles. The molecule has 4 nitrogen and oxygen atoms in total. The average Bonchev–Trinajstić information content (AvgIpc) is 2.82. The van der Waals surface area contributed by atoms with Crippen molar-refractivity contribution < 1.29 is 4.74 Å². The number of rotatable bonds is 2. The number of hydrogen-bond donors (Lipinski definition) is 1. The van der Waals surface area contributed by atoms with Crippen LogP contribution in [0.15, 0.2) is 18.3 Å². The molecule has 18 heavy (non-hydrogen) atoms. The normalized spacial score (nSPS) is 20.4. The predicted molar refractivity (Wildman–Crippen MR) is 71.2 cm³/mol. The molecule has 1 aromatic carbocycles. The largest absolute Gasteiger partial charge is 0.356 e. The third-order valence-electron chi connectivity index (χ3n) is 3.59. The van der Waals surface area contributed by atoms with Crippen molar-refractivity contribution in [1.29, 1.82) is 0 Å². The van der Waals surface area contributed by atoms with E-state index < -0.39 is 0 Å². The van der Waals surface area contributed by atoms with Crippen LogP contribution in [0.1, 0.15) is 36.6 Å². The first-order valence-corrected chi connectivity index (χ1v) is 6.58. The van der Waals surface area contributed by atoms with Gasteiger partial charge in [-0.2, -0.15) is 5.10 Å². The maximum absolute atomic E-state index is 5.81. The molecule has 4 heteroatoms. The molecule has 2 heterocycles. The Morgan fingerprint density at radius 1 is 1.44 bits per heavy atom. The van der Waals surface area contributed by atoms with E-state index in [-0.39, 0.29) is 6.23 Å². The smallest absolute Gasteiger partial charge is 0.150 e. The number of nitrogens with zero attached hydrogens (tertiary/aromatic N) is 2. The summed E-state index contributed by atoms with van der Waals surface area (Å²) in [4.78, 5) is 0. The van der Waals surface area contributed by atoms with Crippen LogP contribution in [0.2, 0.25) is 0 Å². The van der Waals surface area contributed by atoms with Gasteiger partial charge in [-0.15, -0.1) is 0 Å². The highest BCUT2D eigenvalue weighted by atomic mass is 16.5. The molecule has 1 unspecified atom stereocenters. The molecule has 0 saturated carbocycles. The summed E-state index contributed by atoms with van der Waals surface area (Å²) in [6.07, 6.45) is 5.41. The van der Waals surface area contributed by atoms with E-state index in [9.17, 15) is 0 Å². The van der Waals surface area contributed by atoms with Crippen LogP contribution in [0, 0.1) is 6.92 Å². The van der Waals surface area contributed by atoms with E-state index in [1.165, 1.54) is 12.0 Å². The van der Waals surface area contributed by atoms with Gasteiger partial charge in [-0.25, -0.2) is 4.68 Å². The first kappa shape index (κ1) is 11.7. The van der Waals surface area contributed by atoms with Crippen LogP contribution >= 0.6 is 0 Å². The van der Waals surface area contributed by atoms with Crippen molar-refractivity contribution in [2.45, 2.75) is 39.0 Å². The fourth-order valence-corrected chi connectivity index (χ4v) is 2.69. The lowest BCUT2D eigenvalue weighted by Gasteiger charge is -2.23. The summed E-state index contributed by atoms with van der Waals surface area (Å²) in [5.74, 6) is 0. The van der Waals surface area contributed by atoms with Crippen LogP contribution < -0.4 is 5.73 Å². The van der Waals surface area contributed by atoms with E-state index in [1.54, 1.807) is 0 Å². The molecular weight excluding hydrogens is 226 g/mol. The standard InChI is InChI=1S/C14H19N3O/c1-10-6-11(8-15)12-9-16-17(13(12)7-10)14-4-2-3-5-18-14/h6-7,9,14H,2-5,8,15H2,1H3. The topological polar surface area (TPSA) is 53.1 Å².